The molecule has 0 aliphatic rings. The van der Waals surface area contributed by atoms with Crippen molar-refractivity contribution < 1.29 is 4.42 Å². The quantitative estimate of drug-likeness (QED) is 0.661. The fourth-order valence-corrected chi connectivity index (χ4v) is 1.40. The molecule has 2 rings (SSSR count). The third kappa shape index (κ3) is 1.38. The van der Waals surface area contributed by atoms with E-state index in [-0.39, 0.29) is 5.56 Å². The highest BCUT2D eigenvalue weighted by Gasteiger charge is 2.12. The summed E-state index contributed by atoms with van der Waals surface area (Å²) in [4.78, 5) is 11.3. The van der Waals surface area contributed by atoms with Crippen LogP contribution in [0.25, 0.3) is 11.5 Å². The number of H-pyrrole nitrogens is 2. The van der Waals surface area contributed by atoms with Gasteiger partial charge in [-0.1, -0.05) is 0 Å². The van der Waals surface area contributed by atoms with Crippen LogP contribution in [-0.4, -0.2) is 16.7 Å². The minimum atomic E-state index is -0.137. The predicted molar refractivity (Wildman–Crippen MR) is 51.9 cm³/mol. The summed E-state index contributed by atoms with van der Waals surface area (Å²) >= 11 is 0. The lowest BCUT2D eigenvalue weighted by atomic mass is 10.1. The molecule has 0 spiro atoms. The van der Waals surface area contributed by atoms with E-state index in [1.165, 1.54) is 0 Å². The van der Waals surface area contributed by atoms with Crippen molar-refractivity contribution >= 4 is 0 Å². The molecular weight excluding hydrogens is 182 g/mol. The number of furan rings is 1. The Balaban J connectivity index is 2.48. The van der Waals surface area contributed by atoms with Crippen LogP contribution in [0.5, 0.6) is 0 Å². The summed E-state index contributed by atoms with van der Waals surface area (Å²) in [5.74, 6) is 0.645. The van der Waals surface area contributed by atoms with Crippen LogP contribution in [0.4, 0.5) is 0 Å². The summed E-state index contributed by atoms with van der Waals surface area (Å²) < 4.78 is 5.19. The Hall–Kier alpha value is -1.75. The van der Waals surface area contributed by atoms with Gasteiger partial charge in [-0.2, -0.15) is 0 Å². The number of rotatable bonds is 3. The summed E-state index contributed by atoms with van der Waals surface area (Å²) in [5, 5.41) is 5.29. The van der Waals surface area contributed by atoms with Gasteiger partial charge in [0.25, 0.3) is 5.56 Å². The second kappa shape index (κ2) is 3.55. The van der Waals surface area contributed by atoms with Gasteiger partial charge in [-0.05, 0) is 25.1 Å². The van der Waals surface area contributed by atoms with Gasteiger partial charge < -0.3 is 10.2 Å². The summed E-state index contributed by atoms with van der Waals surface area (Å²) in [7, 11) is 0. The summed E-state index contributed by atoms with van der Waals surface area (Å²) in [5.41, 5.74) is 6.60. The molecule has 0 aromatic carbocycles. The van der Waals surface area contributed by atoms with Gasteiger partial charge in [-0.25, -0.2) is 0 Å². The van der Waals surface area contributed by atoms with Crippen LogP contribution in [0.15, 0.2) is 27.6 Å². The molecule has 4 N–H and O–H groups in total. The first kappa shape index (κ1) is 8.83. The molecular formula is C9H11N3O2. The first-order valence-corrected chi connectivity index (χ1v) is 4.36. The molecule has 5 heteroatoms. The van der Waals surface area contributed by atoms with Gasteiger partial charge in [-0.15, -0.1) is 0 Å². The monoisotopic (exact) mass is 193 g/mol. The minimum Gasteiger partial charge on any atom is -0.463 e. The van der Waals surface area contributed by atoms with Gasteiger partial charge in [0.1, 0.15) is 5.69 Å². The van der Waals surface area contributed by atoms with Gasteiger partial charge in [0.2, 0.25) is 0 Å². The van der Waals surface area contributed by atoms with Crippen LogP contribution in [0.3, 0.4) is 0 Å². The van der Waals surface area contributed by atoms with Crippen LogP contribution < -0.4 is 11.3 Å². The molecule has 0 bridgehead atoms. The van der Waals surface area contributed by atoms with Crippen molar-refractivity contribution in [1.29, 1.82) is 0 Å². The zero-order valence-electron chi connectivity index (χ0n) is 7.54. The number of aromatic nitrogens is 2. The molecule has 0 atom stereocenters. The smallest absolute Gasteiger partial charge is 0.267 e. The molecule has 2 aromatic rings. The van der Waals surface area contributed by atoms with Crippen molar-refractivity contribution in [2.45, 2.75) is 6.42 Å². The van der Waals surface area contributed by atoms with Crippen LogP contribution >= 0.6 is 0 Å². The van der Waals surface area contributed by atoms with Crippen LogP contribution in [0, 0.1) is 0 Å². The van der Waals surface area contributed by atoms with Crippen LogP contribution in [0.2, 0.25) is 0 Å². The molecule has 0 fully saturated rings. The fourth-order valence-electron chi connectivity index (χ4n) is 1.40. The Morgan fingerprint density at radius 2 is 2.29 bits per heavy atom. The molecule has 0 aliphatic heterocycles. The zero-order valence-corrected chi connectivity index (χ0v) is 7.54. The Kier molecular flexibility index (Phi) is 2.24. The van der Waals surface area contributed by atoms with Crippen LogP contribution in [0.1, 0.15) is 5.56 Å². The number of hydrogen-bond acceptors (Lipinski definition) is 3. The number of nitrogens with two attached hydrogens (primary N) is 1. The van der Waals surface area contributed by atoms with E-state index < -0.39 is 0 Å². The topological polar surface area (TPSA) is 87.8 Å². The average molecular weight is 193 g/mol. The Morgan fingerprint density at radius 3 is 2.93 bits per heavy atom. The second-order valence-electron chi connectivity index (χ2n) is 2.95. The third-order valence-corrected chi connectivity index (χ3v) is 2.04. The molecule has 0 unspecified atom stereocenters. The SMILES string of the molecule is NCCc1c(-c2ccco2)[nH][nH]c1=O. The van der Waals surface area contributed by atoms with Gasteiger partial charge in [0.05, 0.1) is 6.26 Å². The largest absolute Gasteiger partial charge is 0.463 e. The van der Waals surface area contributed by atoms with Crippen molar-refractivity contribution in [3.8, 4) is 11.5 Å². The van der Waals surface area contributed by atoms with E-state index in [9.17, 15) is 4.79 Å². The molecule has 0 saturated heterocycles. The minimum absolute atomic E-state index is 0.137. The number of aromatic amines is 2. The van der Waals surface area contributed by atoms with Crippen molar-refractivity contribution in [2.75, 3.05) is 6.54 Å². The van der Waals surface area contributed by atoms with E-state index in [0.29, 0.717) is 30.0 Å². The first-order chi connectivity index (χ1) is 6.83. The molecule has 14 heavy (non-hydrogen) atoms. The van der Waals surface area contributed by atoms with E-state index in [2.05, 4.69) is 10.2 Å². The normalized spacial score (nSPS) is 10.6. The first-order valence-electron chi connectivity index (χ1n) is 4.36. The molecule has 0 saturated carbocycles. The average Bonchev–Trinajstić information content (AvgIpc) is 2.77. The highest BCUT2D eigenvalue weighted by atomic mass is 16.3. The lowest BCUT2D eigenvalue weighted by molar-refractivity contribution is 0.579. The Morgan fingerprint density at radius 1 is 1.43 bits per heavy atom. The van der Waals surface area contributed by atoms with E-state index in [1.54, 1.807) is 18.4 Å². The van der Waals surface area contributed by atoms with Crippen molar-refractivity contribution in [3.63, 3.8) is 0 Å². The van der Waals surface area contributed by atoms with Crippen molar-refractivity contribution in [1.82, 2.24) is 10.2 Å². The zero-order chi connectivity index (χ0) is 9.97. The van der Waals surface area contributed by atoms with Crippen molar-refractivity contribution in [2.24, 2.45) is 5.73 Å². The van der Waals surface area contributed by atoms with Gasteiger partial charge >= 0.3 is 0 Å². The lowest BCUT2D eigenvalue weighted by Gasteiger charge is -1.95. The highest BCUT2D eigenvalue weighted by molar-refractivity contribution is 5.56. The Bertz CT molecular complexity index is 453. The van der Waals surface area contributed by atoms with Gasteiger partial charge in [-0.3, -0.25) is 15.0 Å². The molecule has 2 heterocycles. The predicted octanol–water partition coefficient (Wildman–Crippen LogP) is 0.464. The van der Waals surface area contributed by atoms with Gasteiger partial charge in [0.15, 0.2) is 5.76 Å². The maximum atomic E-state index is 11.3. The molecule has 2 aromatic heterocycles. The third-order valence-electron chi connectivity index (χ3n) is 2.04. The summed E-state index contributed by atoms with van der Waals surface area (Å²) in [6.07, 6.45) is 2.10. The van der Waals surface area contributed by atoms with Crippen molar-refractivity contribution in [3.05, 3.63) is 34.3 Å². The molecule has 5 nitrogen and oxygen atoms in total. The van der Waals surface area contributed by atoms with Gasteiger partial charge in [0, 0.05) is 5.56 Å². The van der Waals surface area contributed by atoms with E-state index in [1.807, 2.05) is 0 Å². The second-order valence-corrected chi connectivity index (χ2v) is 2.95. The Labute approximate surface area is 79.9 Å². The number of nitrogens with one attached hydrogen (secondary N) is 2. The standard InChI is InChI=1S/C9H11N3O2/c10-4-3-6-8(11-12-9(6)13)7-2-1-5-14-7/h1-2,5H,3-4,10H2,(H2,11,12,13). The molecule has 0 amide bonds. The maximum Gasteiger partial charge on any atom is 0.267 e. The highest BCUT2D eigenvalue weighted by Crippen LogP contribution is 2.18. The summed E-state index contributed by atoms with van der Waals surface area (Å²) in [6.45, 7) is 0.439. The van der Waals surface area contributed by atoms with E-state index >= 15 is 0 Å². The fraction of sp³-hybridized carbons (Fsp3) is 0.222. The summed E-state index contributed by atoms with van der Waals surface area (Å²) in [6, 6.07) is 3.56. The molecule has 0 radical (unpaired) electrons. The lowest BCUT2D eigenvalue weighted by Crippen LogP contribution is -2.12. The molecule has 0 aliphatic carbocycles. The van der Waals surface area contributed by atoms with Crippen LogP contribution in [-0.2, 0) is 6.42 Å². The molecule has 74 valence electrons. The maximum absolute atomic E-state index is 11.3. The van der Waals surface area contributed by atoms with E-state index in [4.69, 9.17) is 10.2 Å². The number of hydrogen-bond donors (Lipinski definition) is 3. The van der Waals surface area contributed by atoms with E-state index in [0.717, 1.165) is 0 Å².